The average molecular weight is 402 g/mol. The third kappa shape index (κ3) is 4.89. The zero-order valence-electron chi connectivity index (χ0n) is 15.5. The number of nitrogens with one attached hydrogen (secondary N) is 1. The Morgan fingerprint density at radius 2 is 1.93 bits per heavy atom. The maximum absolute atomic E-state index is 13.6. The Balaban J connectivity index is 1.65. The van der Waals surface area contributed by atoms with Crippen molar-refractivity contribution in [1.29, 1.82) is 0 Å². The molecule has 3 rings (SSSR count). The molecule has 2 aromatic carbocycles. The SMILES string of the molecule is CCCc1c(OC(=O)NCCc2ccccc2F)cnn1-c1ccc(Cl)cc1. The van der Waals surface area contributed by atoms with E-state index in [0.717, 1.165) is 17.8 Å². The number of nitrogens with zero attached hydrogens (tertiary/aromatic N) is 2. The molecule has 7 heteroatoms. The minimum atomic E-state index is -0.593. The van der Waals surface area contributed by atoms with Crippen molar-refractivity contribution in [2.45, 2.75) is 26.2 Å². The summed E-state index contributed by atoms with van der Waals surface area (Å²) in [5, 5.41) is 7.63. The molecule has 0 fully saturated rings. The van der Waals surface area contributed by atoms with E-state index in [1.807, 2.05) is 19.1 Å². The number of benzene rings is 2. The van der Waals surface area contributed by atoms with Crippen molar-refractivity contribution >= 4 is 17.7 Å². The fourth-order valence-electron chi connectivity index (χ4n) is 2.85. The van der Waals surface area contributed by atoms with Crippen LogP contribution in [-0.2, 0) is 12.8 Å². The zero-order chi connectivity index (χ0) is 19.9. The van der Waals surface area contributed by atoms with E-state index in [0.29, 0.717) is 29.2 Å². The molecule has 3 aromatic rings. The van der Waals surface area contributed by atoms with E-state index < -0.39 is 6.09 Å². The van der Waals surface area contributed by atoms with Crippen molar-refractivity contribution in [3.8, 4) is 11.4 Å². The number of rotatable bonds is 7. The smallest absolute Gasteiger partial charge is 0.407 e. The highest BCUT2D eigenvalue weighted by atomic mass is 35.5. The van der Waals surface area contributed by atoms with Gasteiger partial charge in [0, 0.05) is 11.6 Å². The topological polar surface area (TPSA) is 56.1 Å². The summed E-state index contributed by atoms with van der Waals surface area (Å²) in [5.74, 6) is 0.118. The first-order valence-corrected chi connectivity index (χ1v) is 9.48. The van der Waals surface area contributed by atoms with Gasteiger partial charge in [-0.3, -0.25) is 0 Å². The second kappa shape index (κ2) is 9.37. The van der Waals surface area contributed by atoms with Crippen LogP contribution in [0.15, 0.2) is 54.7 Å². The van der Waals surface area contributed by atoms with Crippen molar-refractivity contribution in [2.24, 2.45) is 0 Å². The van der Waals surface area contributed by atoms with E-state index >= 15 is 0 Å². The van der Waals surface area contributed by atoms with Gasteiger partial charge >= 0.3 is 6.09 Å². The zero-order valence-corrected chi connectivity index (χ0v) is 16.2. The standard InChI is InChI=1S/C21H21ClFN3O2/c1-2-5-19-20(14-25-26(19)17-10-8-16(22)9-11-17)28-21(27)24-13-12-15-6-3-4-7-18(15)23/h3-4,6-11,14H,2,5,12-13H2,1H3,(H,24,27). The van der Waals surface area contributed by atoms with Crippen molar-refractivity contribution in [2.75, 3.05) is 6.54 Å². The van der Waals surface area contributed by atoms with Crippen molar-refractivity contribution < 1.29 is 13.9 Å². The summed E-state index contributed by atoms with van der Waals surface area (Å²) in [5.41, 5.74) is 2.18. The van der Waals surface area contributed by atoms with E-state index in [-0.39, 0.29) is 12.4 Å². The maximum Gasteiger partial charge on any atom is 0.412 e. The summed E-state index contributed by atoms with van der Waals surface area (Å²) in [6.45, 7) is 2.31. The van der Waals surface area contributed by atoms with E-state index in [1.165, 1.54) is 12.3 Å². The van der Waals surface area contributed by atoms with Gasteiger partial charge in [-0.1, -0.05) is 43.1 Å². The third-order valence-electron chi connectivity index (χ3n) is 4.21. The lowest BCUT2D eigenvalue weighted by atomic mass is 10.1. The number of hydrogen-bond acceptors (Lipinski definition) is 3. The number of carbonyl (C=O) groups is 1. The Bertz CT molecular complexity index is 941. The predicted octanol–water partition coefficient (Wildman–Crippen LogP) is 4.95. The Labute approximate surface area is 168 Å². The summed E-state index contributed by atoms with van der Waals surface area (Å²) in [7, 11) is 0. The second-order valence-electron chi connectivity index (χ2n) is 6.25. The molecular weight excluding hydrogens is 381 g/mol. The van der Waals surface area contributed by atoms with Gasteiger partial charge in [0.05, 0.1) is 17.6 Å². The molecule has 1 heterocycles. The lowest BCUT2D eigenvalue weighted by Gasteiger charge is -2.10. The van der Waals surface area contributed by atoms with E-state index in [4.69, 9.17) is 16.3 Å². The van der Waals surface area contributed by atoms with Gasteiger partial charge in [-0.15, -0.1) is 0 Å². The normalized spacial score (nSPS) is 10.7. The van der Waals surface area contributed by atoms with Crippen LogP contribution < -0.4 is 10.1 Å². The number of amides is 1. The summed E-state index contributed by atoms with van der Waals surface area (Å²) < 4.78 is 20.8. The molecule has 146 valence electrons. The van der Waals surface area contributed by atoms with Gasteiger partial charge in [0.1, 0.15) is 5.82 Å². The van der Waals surface area contributed by atoms with Crippen LogP contribution >= 0.6 is 11.6 Å². The van der Waals surface area contributed by atoms with Gasteiger partial charge in [-0.25, -0.2) is 13.9 Å². The molecule has 0 atom stereocenters. The average Bonchev–Trinajstić information content (AvgIpc) is 3.06. The first kappa shape index (κ1) is 19.9. The molecule has 0 spiro atoms. The van der Waals surface area contributed by atoms with Crippen LogP contribution in [-0.4, -0.2) is 22.4 Å². The first-order chi connectivity index (χ1) is 13.6. The van der Waals surface area contributed by atoms with Gasteiger partial charge in [0.15, 0.2) is 5.75 Å². The summed E-state index contributed by atoms with van der Waals surface area (Å²) >= 11 is 5.95. The first-order valence-electron chi connectivity index (χ1n) is 9.10. The molecular formula is C21H21ClFN3O2. The molecule has 1 amide bonds. The highest BCUT2D eigenvalue weighted by molar-refractivity contribution is 6.30. The minimum Gasteiger partial charge on any atom is -0.407 e. The summed E-state index contributed by atoms with van der Waals surface area (Å²) in [6, 6.07) is 13.8. The molecule has 0 radical (unpaired) electrons. The van der Waals surface area contributed by atoms with Gasteiger partial charge in [0.25, 0.3) is 0 Å². The fraction of sp³-hybridized carbons (Fsp3) is 0.238. The van der Waals surface area contributed by atoms with Gasteiger partial charge < -0.3 is 10.1 Å². The molecule has 0 unspecified atom stereocenters. The van der Waals surface area contributed by atoms with Crippen LogP contribution in [0, 0.1) is 5.82 Å². The molecule has 0 saturated heterocycles. The number of aromatic nitrogens is 2. The second-order valence-corrected chi connectivity index (χ2v) is 6.69. The molecule has 0 aliphatic rings. The van der Waals surface area contributed by atoms with Crippen LogP contribution in [0.2, 0.25) is 5.02 Å². The molecule has 0 bridgehead atoms. The van der Waals surface area contributed by atoms with Gasteiger partial charge in [-0.2, -0.15) is 5.10 Å². The van der Waals surface area contributed by atoms with Crippen LogP contribution in [0.5, 0.6) is 5.75 Å². The molecule has 0 aliphatic heterocycles. The fourth-order valence-corrected chi connectivity index (χ4v) is 2.98. The lowest BCUT2D eigenvalue weighted by Crippen LogP contribution is -2.29. The predicted molar refractivity (Wildman–Crippen MR) is 107 cm³/mol. The lowest BCUT2D eigenvalue weighted by molar-refractivity contribution is 0.200. The van der Waals surface area contributed by atoms with Crippen molar-refractivity contribution in [3.05, 3.63) is 76.8 Å². The monoisotopic (exact) mass is 401 g/mol. The number of hydrogen-bond donors (Lipinski definition) is 1. The Morgan fingerprint density at radius 1 is 1.18 bits per heavy atom. The largest absolute Gasteiger partial charge is 0.412 e. The number of ether oxygens (including phenoxy) is 1. The number of halogens is 2. The van der Waals surface area contributed by atoms with E-state index in [2.05, 4.69) is 10.4 Å². The maximum atomic E-state index is 13.6. The summed E-state index contributed by atoms with van der Waals surface area (Å²) in [6.07, 6.45) is 2.87. The van der Waals surface area contributed by atoms with Gasteiger partial charge in [-0.05, 0) is 48.7 Å². The van der Waals surface area contributed by atoms with Crippen molar-refractivity contribution in [1.82, 2.24) is 15.1 Å². The number of carbonyl (C=O) groups excluding carboxylic acids is 1. The van der Waals surface area contributed by atoms with E-state index in [1.54, 1.807) is 35.0 Å². The molecule has 28 heavy (non-hydrogen) atoms. The Hall–Kier alpha value is -2.86. The highest BCUT2D eigenvalue weighted by Crippen LogP contribution is 2.24. The molecule has 1 aromatic heterocycles. The Kier molecular flexibility index (Phi) is 6.66. The molecule has 0 aliphatic carbocycles. The quantitative estimate of drug-likeness (QED) is 0.609. The Morgan fingerprint density at radius 3 is 2.64 bits per heavy atom. The molecule has 5 nitrogen and oxygen atoms in total. The van der Waals surface area contributed by atoms with Crippen LogP contribution in [0.25, 0.3) is 5.69 Å². The third-order valence-corrected chi connectivity index (χ3v) is 4.46. The molecule has 1 N–H and O–H groups in total. The molecule has 0 saturated carbocycles. The summed E-state index contributed by atoms with van der Waals surface area (Å²) in [4.78, 5) is 12.2. The van der Waals surface area contributed by atoms with Crippen molar-refractivity contribution in [3.63, 3.8) is 0 Å². The van der Waals surface area contributed by atoms with Crippen LogP contribution in [0.1, 0.15) is 24.6 Å². The van der Waals surface area contributed by atoms with Crippen LogP contribution in [0.3, 0.4) is 0 Å². The minimum absolute atomic E-state index is 0.272. The highest BCUT2D eigenvalue weighted by Gasteiger charge is 2.16. The van der Waals surface area contributed by atoms with E-state index in [9.17, 15) is 9.18 Å². The van der Waals surface area contributed by atoms with Crippen LogP contribution in [0.4, 0.5) is 9.18 Å². The van der Waals surface area contributed by atoms with Gasteiger partial charge in [0.2, 0.25) is 0 Å².